The van der Waals surface area contributed by atoms with Gasteiger partial charge in [-0.3, -0.25) is 29.0 Å². The number of phenols is 1. The second kappa shape index (κ2) is 10.8. The van der Waals surface area contributed by atoms with Crippen LogP contribution in [0.2, 0.25) is 0 Å². The second-order valence-corrected chi connectivity index (χ2v) is 14.1. The van der Waals surface area contributed by atoms with Crippen LogP contribution in [-0.2, 0) is 19.2 Å². The number of imide groups is 2. The molecule has 3 heterocycles. The van der Waals surface area contributed by atoms with Crippen molar-refractivity contribution in [2.24, 2.45) is 17.8 Å². The summed E-state index contributed by atoms with van der Waals surface area (Å²) in [6.07, 6.45) is 1.89. The maximum absolute atomic E-state index is 14.4. The van der Waals surface area contributed by atoms with Gasteiger partial charge in [0.2, 0.25) is 23.5 Å². The number of ether oxygens (including phenoxy) is 2. The van der Waals surface area contributed by atoms with Gasteiger partial charge >= 0.3 is 0 Å². The van der Waals surface area contributed by atoms with Crippen LogP contribution in [0.1, 0.15) is 24.3 Å². The first kappa shape index (κ1) is 31.4. The highest BCUT2D eigenvalue weighted by molar-refractivity contribution is 6.53. The lowest BCUT2D eigenvalue weighted by atomic mass is 9.56. The standard InChI is InChI=1S/C36H29Cl2N3O8/c1-40-33(45)35(37)16-22-20(28(36(35,38)34(40)46)18-14-25(47-2)29(42)26(15-18)48-3)12-13-21-27(22)32(44)41(31(21)43)19-10-8-17(9-11-19)30-39-23-6-4-5-7-24(23)49-30/h4-12,14-15,21-22,27-28,42H,13,16H2,1-3H3/t21-,22+,27-,28-,35+,36-/m0/s1. The molecule has 0 bridgehead atoms. The number of methoxy groups -OCH3 is 2. The zero-order valence-corrected chi connectivity index (χ0v) is 28.0. The minimum atomic E-state index is -1.99. The number of amides is 4. The third-order valence-electron chi connectivity index (χ3n) is 10.5. The van der Waals surface area contributed by atoms with Crippen molar-refractivity contribution in [3.8, 4) is 28.7 Å². The Hall–Kier alpha value is -4.87. The molecule has 2 aliphatic carbocycles. The minimum absolute atomic E-state index is 0.0518. The number of hydrogen-bond donors (Lipinski definition) is 1. The Morgan fingerprint density at radius 2 is 1.59 bits per heavy atom. The number of para-hydroxylation sites is 2. The molecular formula is C36H29Cl2N3O8. The van der Waals surface area contributed by atoms with Gasteiger partial charge in [-0.25, -0.2) is 4.98 Å². The number of halogens is 2. The number of rotatable bonds is 5. The Kier molecular flexibility index (Phi) is 6.93. The first-order valence-electron chi connectivity index (χ1n) is 15.6. The van der Waals surface area contributed by atoms with E-state index in [1.54, 1.807) is 24.3 Å². The van der Waals surface area contributed by atoms with Gasteiger partial charge in [-0.1, -0.05) is 23.8 Å². The van der Waals surface area contributed by atoms with Crippen molar-refractivity contribution in [1.29, 1.82) is 0 Å². The minimum Gasteiger partial charge on any atom is -0.502 e. The molecule has 2 saturated heterocycles. The molecule has 4 amide bonds. The zero-order chi connectivity index (χ0) is 34.6. The van der Waals surface area contributed by atoms with Crippen LogP contribution in [0.4, 0.5) is 5.69 Å². The molecule has 1 saturated carbocycles. The van der Waals surface area contributed by atoms with E-state index < -0.39 is 51.1 Å². The van der Waals surface area contributed by atoms with Gasteiger partial charge in [0.15, 0.2) is 26.8 Å². The fourth-order valence-corrected chi connectivity index (χ4v) is 9.22. The van der Waals surface area contributed by atoms with E-state index in [4.69, 9.17) is 37.1 Å². The Morgan fingerprint density at radius 1 is 0.918 bits per heavy atom. The molecular weight excluding hydrogens is 673 g/mol. The number of phenolic OH excluding ortho intramolecular Hbond substituents is 1. The topological polar surface area (TPSA) is 139 Å². The van der Waals surface area contributed by atoms with Crippen molar-refractivity contribution in [3.63, 3.8) is 0 Å². The molecule has 0 radical (unpaired) electrons. The largest absolute Gasteiger partial charge is 0.502 e. The lowest BCUT2D eigenvalue weighted by Gasteiger charge is -2.50. The smallest absolute Gasteiger partial charge is 0.253 e. The second-order valence-electron chi connectivity index (χ2n) is 12.8. The molecule has 2 aliphatic heterocycles. The van der Waals surface area contributed by atoms with E-state index in [0.717, 1.165) is 4.90 Å². The van der Waals surface area contributed by atoms with Crippen molar-refractivity contribution < 1.29 is 38.2 Å². The van der Waals surface area contributed by atoms with Crippen LogP contribution in [0.3, 0.4) is 0 Å². The summed E-state index contributed by atoms with van der Waals surface area (Å²) in [7, 11) is 4.05. The molecule has 0 spiro atoms. The predicted molar refractivity (Wildman–Crippen MR) is 179 cm³/mol. The lowest BCUT2D eigenvalue weighted by molar-refractivity contribution is -0.138. The van der Waals surface area contributed by atoms with Crippen LogP contribution in [0.25, 0.3) is 22.6 Å². The maximum atomic E-state index is 14.4. The average molecular weight is 703 g/mol. The van der Waals surface area contributed by atoms with Crippen molar-refractivity contribution in [2.75, 3.05) is 26.2 Å². The molecule has 8 rings (SSSR count). The van der Waals surface area contributed by atoms with Crippen molar-refractivity contribution in [2.45, 2.75) is 28.5 Å². The maximum Gasteiger partial charge on any atom is 0.253 e. The third kappa shape index (κ3) is 4.12. The van der Waals surface area contributed by atoms with Crippen LogP contribution in [0.5, 0.6) is 17.2 Å². The first-order chi connectivity index (χ1) is 23.4. The zero-order valence-electron chi connectivity index (χ0n) is 26.5. The van der Waals surface area contributed by atoms with Gasteiger partial charge in [0.1, 0.15) is 5.52 Å². The number of carbonyl (C=O) groups excluding carboxylic acids is 4. The van der Waals surface area contributed by atoms with Gasteiger partial charge in [0.05, 0.1) is 31.7 Å². The van der Waals surface area contributed by atoms with E-state index in [9.17, 15) is 24.3 Å². The monoisotopic (exact) mass is 701 g/mol. The number of fused-ring (bicyclic) bond motifs is 5. The Balaban J connectivity index is 1.20. The molecule has 0 unspecified atom stereocenters. The number of aromatic nitrogens is 1. The Bertz CT molecular complexity index is 2090. The number of anilines is 1. The molecule has 4 aromatic rings. The fraction of sp³-hybridized carbons (Fsp3) is 0.306. The summed E-state index contributed by atoms with van der Waals surface area (Å²) in [5.74, 6) is -5.31. The van der Waals surface area contributed by atoms with E-state index in [2.05, 4.69) is 4.98 Å². The molecule has 4 aliphatic rings. The number of hydrogen-bond acceptors (Lipinski definition) is 9. The van der Waals surface area contributed by atoms with Gasteiger partial charge in [-0.05, 0) is 72.9 Å². The highest BCUT2D eigenvalue weighted by atomic mass is 35.5. The average Bonchev–Trinajstić information content (AvgIpc) is 3.69. The quantitative estimate of drug-likeness (QED) is 0.164. The fourth-order valence-electron chi connectivity index (χ4n) is 8.20. The van der Waals surface area contributed by atoms with E-state index >= 15 is 0 Å². The number of benzene rings is 3. The summed E-state index contributed by atoms with van der Waals surface area (Å²) in [4.78, 5) is 58.7. The van der Waals surface area contributed by atoms with Crippen molar-refractivity contribution in [1.82, 2.24) is 9.88 Å². The van der Waals surface area contributed by atoms with Crippen molar-refractivity contribution in [3.05, 3.63) is 77.9 Å². The Morgan fingerprint density at radius 3 is 2.24 bits per heavy atom. The van der Waals surface area contributed by atoms with Crippen LogP contribution < -0.4 is 14.4 Å². The molecule has 1 N–H and O–H groups in total. The summed E-state index contributed by atoms with van der Waals surface area (Å²) in [5.41, 5.74) is 3.39. The number of carbonyl (C=O) groups is 4. The molecule has 11 nitrogen and oxygen atoms in total. The van der Waals surface area contributed by atoms with Crippen LogP contribution in [0, 0.1) is 17.8 Å². The van der Waals surface area contributed by atoms with Crippen LogP contribution >= 0.6 is 23.2 Å². The number of allylic oxidation sites excluding steroid dienone is 2. The van der Waals surface area contributed by atoms with Gasteiger partial charge in [0.25, 0.3) is 11.8 Å². The number of alkyl halides is 2. The molecule has 3 fully saturated rings. The van der Waals surface area contributed by atoms with Gasteiger partial charge in [0, 0.05) is 18.5 Å². The molecule has 13 heteroatoms. The van der Waals surface area contributed by atoms with E-state index in [1.807, 2.05) is 30.3 Å². The van der Waals surface area contributed by atoms with Gasteiger partial charge < -0.3 is 19.0 Å². The molecule has 49 heavy (non-hydrogen) atoms. The third-order valence-corrected chi connectivity index (χ3v) is 11.9. The van der Waals surface area contributed by atoms with Gasteiger partial charge in [-0.2, -0.15) is 0 Å². The molecule has 3 aromatic carbocycles. The van der Waals surface area contributed by atoms with Crippen LogP contribution in [-0.4, -0.2) is 69.6 Å². The summed E-state index contributed by atoms with van der Waals surface area (Å²) in [6, 6.07) is 17.2. The van der Waals surface area contributed by atoms with E-state index in [-0.39, 0.29) is 36.0 Å². The normalized spacial score (nSPS) is 29.2. The highest BCUT2D eigenvalue weighted by Gasteiger charge is 2.76. The SMILES string of the molecule is COc1cc([C@H]2C3=CC[C@@H]4C(=O)N(c5ccc(-c6nc7ccccc7o6)cc5)C(=O)[C@@H]4[C@@H]3C[C@@]3(Cl)C(=O)N(C)C(=O)[C@@]23Cl)cc(OC)c1O. The predicted octanol–water partition coefficient (Wildman–Crippen LogP) is 5.41. The highest BCUT2D eigenvalue weighted by Crippen LogP contribution is 2.66. The Labute approximate surface area is 290 Å². The number of oxazole rings is 1. The summed E-state index contributed by atoms with van der Waals surface area (Å²) in [5, 5.41) is 10.7. The van der Waals surface area contributed by atoms with Crippen LogP contribution in [0.15, 0.2) is 76.7 Å². The molecule has 6 atom stereocenters. The molecule has 250 valence electrons. The lowest BCUT2D eigenvalue weighted by Crippen LogP contribution is -2.60. The summed E-state index contributed by atoms with van der Waals surface area (Å²) < 4.78 is 16.7. The number of likely N-dealkylation sites (tertiary alicyclic amines) is 1. The summed E-state index contributed by atoms with van der Waals surface area (Å²) in [6.45, 7) is 0. The molecule has 1 aromatic heterocycles. The first-order valence-corrected chi connectivity index (χ1v) is 16.4. The summed E-state index contributed by atoms with van der Waals surface area (Å²) >= 11 is 14.5. The van der Waals surface area contributed by atoms with E-state index in [1.165, 1.54) is 38.3 Å². The van der Waals surface area contributed by atoms with Crippen molar-refractivity contribution >= 4 is 63.6 Å². The number of nitrogens with zero attached hydrogens (tertiary/aromatic N) is 3. The van der Waals surface area contributed by atoms with E-state index in [0.29, 0.717) is 39.4 Å². The number of aromatic hydroxyl groups is 1. The van der Waals surface area contributed by atoms with Gasteiger partial charge in [-0.15, -0.1) is 23.2 Å².